The average molecular weight is 139 g/mol. The molecule has 0 saturated carbocycles. The molecule has 0 aromatic rings. The summed E-state index contributed by atoms with van der Waals surface area (Å²) < 4.78 is 0. The fourth-order valence-electron chi connectivity index (χ4n) is 0.698. The van der Waals surface area contributed by atoms with E-state index >= 15 is 0 Å². The van der Waals surface area contributed by atoms with Crippen molar-refractivity contribution in [3.8, 4) is 0 Å². The van der Waals surface area contributed by atoms with Crippen LogP contribution < -0.4 is 11.5 Å². The minimum atomic E-state index is -0.435. The van der Waals surface area contributed by atoms with Crippen LogP contribution in [0, 0.1) is 5.92 Å². The molecule has 4 heteroatoms. The minimum Gasteiger partial charge on any atom is -0.400 e. The molecule has 1 aliphatic heterocycles. The number of carbonyl (C=O) groups excluding carboxylic acids is 1. The van der Waals surface area contributed by atoms with E-state index in [-0.39, 0.29) is 11.6 Å². The van der Waals surface area contributed by atoms with E-state index in [9.17, 15) is 4.79 Å². The number of carbonyl (C=O) groups is 1. The molecule has 0 saturated heterocycles. The summed E-state index contributed by atoms with van der Waals surface area (Å²) in [5.41, 5.74) is 11.3. The van der Waals surface area contributed by atoms with Crippen molar-refractivity contribution in [1.29, 1.82) is 0 Å². The van der Waals surface area contributed by atoms with Gasteiger partial charge in [0.15, 0.2) is 0 Å². The van der Waals surface area contributed by atoms with Crippen molar-refractivity contribution in [3.05, 3.63) is 11.4 Å². The zero-order valence-corrected chi connectivity index (χ0v) is 5.66. The molecule has 0 unspecified atom stereocenters. The predicted octanol–water partition coefficient (Wildman–Crippen LogP) is -0.637. The van der Waals surface area contributed by atoms with Gasteiger partial charge in [0, 0.05) is 17.8 Å². The molecule has 1 aliphatic rings. The van der Waals surface area contributed by atoms with Crippen LogP contribution in [0.2, 0.25) is 0 Å². The lowest BCUT2D eigenvalue weighted by atomic mass is 10.1. The first-order chi connectivity index (χ1) is 4.63. The number of hydrogen-bond acceptors (Lipinski definition) is 3. The second kappa shape index (κ2) is 2.13. The summed E-state index contributed by atoms with van der Waals surface area (Å²) in [6.45, 7) is 1.83. The third kappa shape index (κ3) is 0.877. The van der Waals surface area contributed by atoms with Gasteiger partial charge in [-0.1, -0.05) is 6.92 Å². The molecule has 0 aromatic heterocycles. The molecule has 0 radical (unpaired) electrons. The van der Waals surface area contributed by atoms with Crippen molar-refractivity contribution in [2.45, 2.75) is 6.92 Å². The van der Waals surface area contributed by atoms with Gasteiger partial charge in [-0.05, 0) is 0 Å². The Morgan fingerprint density at radius 2 is 2.20 bits per heavy atom. The van der Waals surface area contributed by atoms with Crippen LogP contribution >= 0.6 is 0 Å². The Bertz CT molecular complexity index is 229. The van der Waals surface area contributed by atoms with Crippen molar-refractivity contribution in [1.82, 2.24) is 0 Å². The second-order valence-corrected chi connectivity index (χ2v) is 2.24. The van der Waals surface area contributed by atoms with Crippen LogP contribution in [0.15, 0.2) is 16.4 Å². The van der Waals surface area contributed by atoms with E-state index in [4.69, 9.17) is 11.5 Å². The van der Waals surface area contributed by atoms with Gasteiger partial charge in [0.05, 0.1) is 0 Å². The molecule has 1 heterocycles. The molecule has 4 N–H and O–H groups in total. The standard InChI is InChI=1S/C6H9N3O/c1-3-2-9-6(10)5(8)4(3)7/h2-3H,7-8H2,1H3/t3-/m0/s1. The molecule has 0 bridgehead atoms. The molecule has 0 aromatic carbocycles. The molecule has 1 amide bonds. The van der Waals surface area contributed by atoms with Crippen LogP contribution in [0.25, 0.3) is 0 Å². The molecule has 10 heavy (non-hydrogen) atoms. The molecular formula is C6H9N3O. The third-order valence-corrected chi connectivity index (χ3v) is 1.45. The summed E-state index contributed by atoms with van der Waals surface area (Å²) in [6.07, 6.45) is 1.49. The van der Waals surface area contributed by atoms with Crippen LogP contribution in [0.1, 0.15) is 6.92 Å². The highest BCUT2D eigenvalue weighted by Crippen LogP contribution is 2.09. The lowest BCUT2D eigenvalue weighted by Crippen LogP contribution is -2.26. The van der Waals surface area contributed by atoms with E-state index in [0.29, 0.717) is 5.70 Å². The van der Waals surface area contributed by atoms with E-state index in [1.54, 1.807) is 0 Å². The second-order valence-electron chi connectivity index (χ2n) is 2.24. The zero-order valence-electron chi connectivity index (χ0n) is 5.66. The molecule has 1 rings (SSSR count). The van der Waals surface area contributed by atoms with E-state index in [2.05, 4.69) is 4.99 Å². The van der Waals surface area contributed by atoms with Gasteiger partial charge in [0.1, 0.15) is 5.70 Å². The van der Waals surface area contributed by atoms with E-state index in [1.165, 1.54) is 6.21 Å². The van der Waals surface area contributed by atoms with Crippen molar-refractivity contribution in [2.24, 2.45) is 22.4 Å². The number of rotatable bonds is 0. The maximum Gasteiger partial charge on any atom is 0.294 e. The third-order valence-electron chi connectivity index (χ3n) is 1.45. The number of allylic oxidation sites excluding steroid dienone is 1. The van der Waals surface area contributed by atoms with Gasteiger partial charge in [-0.3, -0.25) is 4.79 Å². The fourth-order valence-corrected chi connectivity index (χ4v) is 0.698. The Morgan fingerprint density at radius 1 is 1.60 bits per heavy atom. The van der Waals surface area contributed by atoms with Gasteiger partial charge in [0.25, 0.3) is 5.91 Å². The van der Waals surface area contributed by atoms with E-state index in [1.807, 2.05) is 6.92 Å². The minimum absolute atomic E-state index is 0.0160. The van der Waals surface area contributed by atoms with Gasteiger partial charge in [-0.2, -0.15) is 0 Å². The summed E-state index contributed by atoms with van der Waals surface area (Å²) in [5.74, 6) is -0.451. The molecule has 54 valence electrons. The highest BCUT2D eigenvalue weighted by Gasteiger charge is 2.17. The Balaban J connectivity index is 3.00. The number of amides is 1. The quantitative estimate of drug-likeness (QED) is 0.468. The summed E-state index contributed by atoms with van der Waals surface area (Å²) in [7, 11) is 0. The van der Waals surface area contributed by atoms with Crippen LogP contribution in [0.4, 0.5) is 0 Å². The van der Waals surface area contributed by atoms with E-state index < -0.39 is 5.91 Å². The smallest absolute Gasteiger partial charge is 0.294 e. The highest BCUT2D eigenvalue weighted by molar-refractivity contribution is 6.01. The van der Waals surface area contributed by atoms with Crippen molar-refractivity contribution < 1.29 is 4.79 Å². The van der Waals surface area contributed by atoms with Gasteiger partial charge in [-0.15, -0.1) is 0 Å². The molecule has 4 nitrogen and oxygen atoms in total. The van der Waals surface area contributed by atoms with Crippen LogP contribution in [-0.4, -0.2) is 12.1 Å². The van der Waals surface area contributed by atoms with Crippen molar-refractivity contribution in [2.75, 3.05) is 0 Å². The van der Waals surface area contributed by atoms with Gasteiger partial charge in [0.2, 0.25) is 0 Å². The van der Waals surface area contributed by atoms with Crippen molar-refractivity contribution in [3.63, 3.8) is 0 Å². The number of aliphatic imine (C=N–C) groups is 1. The zero-order chi connectivity index (χ0) is 7.72. The lowest BCUT2D eigenvalue weighted by Gasteiger charge is -2.12. The summed E-state index contributed by atoms with van der Waals surface area (Å²) >= 11 is 0. The number of hydrogen-bond donors (Lipinski definition) is 2. The van der Waals surface area contributed by atoms with Crippen LogP contribution in [0.5, 0.6) is 0 Å². The van der Waals surface area contributed by atoms with E-state index in [0.717, 1.165) is 0 Å². The first kappa shape index (κ1) is 6.80. The van der Waals surface area contributed by atoms with Crippen molar-refractivity contribution >= 4 is 12.1 Å². The molecule has 0 aliphatic carbocycles. The summed E-state index contributed by atoms with van der Waals surface area (Å²) in [4.78, 5) is 14.2. The Labute approximate surface area is 58.6 Å². The summed E-state index contributed by atoms with van der Waals surface area (Å²) in [5, 5.41) is 0. The fraction of sp³-hybridized carbons (Fsp3) is 0.333. The van der Waals surface area contributed by atoms with Gasteiger partial charge < -0.3 is 11.5 Å². The molecular weight excluding hydrogens is 130 g/mol. The van der Waals surface area contributed by atoms with Crippen LogP contribution in [0.3, 0.4) is 0 Å². The summed E-state index contributed by atoms with van der Waals surface area (Å²) in [6, 6.07) is 0. The maximum atomic E-state index is 10.7. The van der Waals surface area contributed by atoms with Gasteiger partial charge >= 0.3 is 0 Å². The largest absolute Gasteiger partial charge is 0.400 e. The highest BCUT2D eigenvalue weighted by atomic mass is 16.1. The monoisotopic (exact) mass is 139 g/mol. The predicted molar refractivity (Wildman–Crippen MR) is 38.1 cm³/mol. The Morgan fingerprint density at radius 3 is 2.70 bits per heavy atom. The Kier molecular flexibility index (Phi) is 1.45. The maximum absolute atomic E-state index is 10.7. The normalized spacial score (nSPS) is 25.7. The van der Waals surface area contributed by atoms with Crippen LogP contribution in [-0.2, 0) is 4.79 Å². The molecule has 0 spiro atoms. The Hall–Kier alpha value is -1.32. The average Bonchev–Trinajstić information content (AvgIpc) is 1.93. The van der Waals surface area contributed by atoms with Gasteiger partial charge in [-0.25, -0.2) is 4.99 Å². The lowest BCUT2D eigenvalue weighted by molar-refractivity contribution is -0.114. The number of nitrogens with two attached hydrogens (primary N) is 2. The SMILES string of the molecule is C[C@H]1C=NC(=O)C(N)=C1N. The molecule has 1 atom stereocenters. The number of dihydropyridines is 1. The number of nitrogens with zero attached hydrogens (tertiary/aromatic N) is 1. The molecule has 0 fully saturated rings. The topological polar surface area (TPSA) is 81.5 Å². The first-order valence-electron chi connectivity index (χ1n) is 2.96. The first-order valence-corrected chi connectivity index (χ1v) is 2.96.